The SMILES string of the molecule is COCCN1CCN(C(=O)c2ccc3c(c2)Cc2cccc(c2)CN(C2CCC2)CCCCCO3)CC1. The molecule has 1 amide bonds. The number of hydrogen-bond donors (Lipinski definition) is 0. The van der Waals surface area contributed by atoms with Crippen molar-refractivity contribution in [3.05, 3.63) is 64.7 Å². The summed E-state index contributed by atoms with van der Waals surface area (Å²) in [7, 11) is 1.74. The lowest BCUT2D eigenvalue weighted by Gasteiger charge is -2.38. The Hall–Kier alpha value is -2.41. The number of rotatable bonds is 5. The molecule has 0 aromatic heterocycles. The van der Waals surface area contributed by atoms with E-state index in [1.165, 1.54) is 49.8 Å². The van der Waals surface area contributed by atoms with E-state index in [1.54, 1.807) is 7.11 Å². The molecule has 0 atom stereocenters. The van der Waals surface area contributed by atoms with Gasteiger partial charge in [-0.25, -0.2) is 0 Å². The van der Waals surface area contributed by atoms with Gasteiger partial charge in [0, 0.05) is 64.4 Å². The minimum absolute atomic E-state index is 0.124. The van der Waals surface area contributed by atoms with Crippen LogP contribution in [0.5, 0.6) is 5.75 Å². The zero-order chi connectivity index (χ0) is 25.5. The van der Waals surface area contributed by atoms with Crippen LogP contribution in [0.4, 0.5) is 0 Å². The maximum Gasteiger partial charge on any atom is 0.253 e. The number of ether oxygens (including phenoxy) is 2. The van der Waals surface area contributed by atoms with Crippen molar-refractivity contribution in [3.8, 4) is 5.75 Å². The molecule has 5 rings (SSSR count). The molecular weight excluding hydrogens is 462 g/mol. The largest absolute Gasteiger partial charge is 0.493 e. The van der Waals surface area contributed by atoms with Crippen LogP contribution in [0.15, 0.2) is 42.5 Å². The normalized spacial score (nSPS) is 20.4. The minimum atomic E-state index is 0.124. The average Bonchev–Trinajstić information content (AvgIpc) is 2.88. The van der Waals surface area contributed by atoms with E-state index in [4.69, 9.17) is 9.47 Å². The van der Waals surface area contributed by atoms with Gasteiger partial charge < -0.3 is 14.4 Å². The van der Waals surface area contributed by atoms with Crippen LogP contribution >= 0.6 is 0 Å². The summed E-state index contributed by atoms with van der Waals surface area (Å²) in [6.45, 7) is 7.92. The number of methoxy groups -OCH3 is 1. The summed E-state index contributed by atoms with van der Waals surface area (Å²) in [6.07, 6.45) is 8.31. The first kappa shape index (κ1) is 26.2. The molecular formula is C31H43N3O3. The highest BCUT2D eigenvalue weighted by molar-refractivity contribution is 5.94. The summed E-state index contributed by atoms with van der Waals surface area (Å²) >= 11 is 0. The van der Waals surface area contributed by atoms with E-state index >= 15 is 0 Å². The third-order valence-corrected chi connectivity index (χ3v) is 8.29. The third-order valence-electron chi connectivity index (χ3n) is 8.29. The summed E-state index contributed by atoms with van der Waals surface area (Å²) < 4.78 is 11.5. The van der Waals surface area contributed by atoms with Crippen LogP contribution < -0.4 is 4.74 Å². The first-order chi connectivity index (χ1) is 18.2. The quantitative estimate of drug-likeness (QED) is 0.594. The number of carbonyl (C=O) groups is 1. The Bertz CT molecular complexity index is 1030. The second kappa shape index (κ2) is 12.9. The van der Waals surface area contributed by atoms with E-state index in [2.05, 4.69) is 40.1 Å². The van der Waals surface area contributed by atoms with E-state index in [-0.39, 0.29) is 5.91 Å². The second-order valence-electron chi connectivity index (χ2n) is 10.9. The van der Waals surface area contributed by atoms with Crippen LogP contribution in [-0.2, 0) is 17.7 Å². The van der Waals surface area contributed by atoms with Gasteiger partial charge >= 0.3 is 0 Å². The van der Waals surface area contributed by atoms with Crippen LogP contribution in [0.1, 0.15) is 65.6 Å². The molecule has 0 spiro atoms. The molecule has 0 N–H and O–H groups in total. The zero-order valence-corrected chi connectivity index (χ0v) is 22.5. The molecule has 6 nitrogen and oxygen atoms in total. The lowest BCUT2D eigenvalue weighted by Crippen LogP contribution is -2.49. The first-order valence-electron chi connectivity index (χ1n) is 14.3. The Labute approximate surface area is 222 Å². The molecule has 1 aliphatic carbocycles. The van der Waals surface area contributed by atoms with Crippen LogP contribution in [-0.4, -0.2) is 86.2 Å². The summed E-state index contributed by atoms with van der Waals surface area (Å²) in [4.78, 5) is 20.5. The van der Waals surface area contributed by atoms with Crippen molar-refractivity contribution in [2.45, 2.75) is 57.5 Å². The van der Waals surface area contributed by atoms with Gasteiger partial charge in [-0.15, -0.1) is 0 Å². The van der Waals surface area contributed by atoms with Crippen molar-refractivity contribution < 1.29 is 14.3 Å². The van der Waals surface area contributed by atoms with E-state index in [9.17, 15) is 4.79 Å². The molecule has 0 unspecified atom stereocenters. The van der Waals surface area contributed by atoms with Gasteiger partial charge in [-0.1, -0.05) is 30.7 Å². The van der Waals surface area contributed by atoms with E-state index in [0.29, 0.717) is 0 Å². The number of carbonyl (C=O) groups excluding carboxylic acids is 1. The van der Waals surface area contributed by atoms with Gasteiger partial charge in [0.1, 0.15) is 5.75 Å². The molecule has 2 bridgehead atoms. The Morgan fingerprint density at radius 1 is 0.946 bits per heavy atom. The molecule has 0 radical (unpaired) electrons. The van der Waals surface area contributed by atoms with Crippen molar-refractivity contribution >= 4 is 5.91 Å². The molecule has 200 valence electrons. The lowest BCUT2D eigenvalue weighted by molar-refractivity contribution is 0.0594. The monoisotopic (exact) mass is 505 g/mol. The Kier molecular flexibility index (Phi) is 9.14. The van der Waals surface area contributed by atoms with Crippen LogP contribution in [0, 0.1) is 0 Å². The fourth-order valence-corrected chi connectivity index (χ4v) is 5.78. The van der Waals surface area contributed by atoms with Crippen molar-refractivity contribution in [1.29, 1.82) is 0 Å². The number of amides is 1. The molecule has 1 saturated heterocycles. The molecule has 6 heteroatoms. The number of benzene rings is 2. The molecule has 1 saturated carbocycles. The van der Waals surface area contributed by atoms with Gasteiger partial charge in [-0.2, -0.15) is 0 Å². The van der Waals surface area contributed by atoms with E-state index < -0.39 is 0 Å². The summed E-state index contributed by atoms with van der Waals surface area (Å²) in [5, 5.41) is 0. The highest BCUT2D eigenvalue weighted by Gasteiger charge is 2.25. The molecule has 3 aliphatic rings. The minimum Gasteiger partial charge on any atom is -0.493 e. The maximum atomic E-state index is 13.4. The zero-order valence-electron chi connectivity index (χ0n) is 22.5. The highest BCUT2D eigenvalue weighted by atomic mass is 16.5. The van der Waals surface area contributed by atoms with Crippen LogP contribution in [0.2, 0.25) is 0 Å². The predicted octanol–water partition coefficient (Wildman–Crippen LogP) is 4.60. The lowest BCUT2D eigenvalue weighted by atomic mass is 9.90. The van der Waals surface area contributed by atoms with Gasteiger partial charge in [0.2, 0.25) is 0 Å². The maximum absolute atomic E-state index is 13.4. The van der Waals surface area contributed by atoms with Gasteiger partial charge in [-0.3, -0.25) is 14.6 Å². The fraction of sp³-hybridized carbons (Fsp3) is 0.581. The highest BCUT2D eigenvalue weighted by Crippen LogP contribution is 2.29. The van der Waals surface area contributed by atoms with Crippen LogP contribution in [0.25, 0.3) is 0 Å². The molecule has 37 heavy (non-hydrogen) atoms. The fourth-order valence-electron chi connectivity index (χ4n) is 5.78. The van der Waals surface area contributed by atoms with E-state index in [1.807, 2.05) is 17.0 Å². The second-order valence-corrected chi connectivity index (χ2v) is 10.9. The average molecular weight is 506 g/mol. The Balaban J connectivity index is 1.32. The van der Waals surface area contributed by atoms with Gasteiger partial charge in [0.25, 0.3) is 5.91 Å². The smallest absolute Gasteiger partial charge is 0.253 e. The van der Waals surface area contributed by atoms with Gasteiger partial charge in [0.15, 0.2) is 0 Å². The summed E-state index contributed by atoms with van der Waals surface area (Å²) in [5.41, 5.74) is 4.54. The van der Waals surface area contributed by atoms with Gasteiger partial charge in [0.05, 0.1) is 13.2 Å². The molecule has 2 aromatic carbocycles. The van der Waals surface area contributed by atoms with Crippen molar-refractivity contribution in [3.63, 3.8) is 0 Å². The molecule has 2 fully saturated rings. The standard InChI is InChI=1S/C31H43N3O3/c1-36-20-18-32-14-16-33(17-15-32)31(35)27-11-12-30-28(23-27)22-25-7-5-8-26(21-25)24-34(29-9-6-10-29)13-3-2-4-19-37-30/h5,7-8,11-12,21,23,29H,2-4,6,9-10,13-20,22,24H2,1H3. The Morgan fingerprint density at radius 3 is 2.57 bits per heavy atom. The third kappa shape index (κ3) is 6.92. The molecule has 2 aliphatic heterocycles. The molecule has 2 heterocycles. The van der Waals surface area contributed by atoms with Crippen molar-refractivity contribution in [1.82, 2.24) is 14.7 Å². The topological polar surface area (TPSA) is 45.2 Å². The Morgan fingerprint density at radius 2 is 1.78 bits per heavy atom. The number of piperazine rings is 1. The first-order valence-corrected chi connectivity index (χ1v) is 14.3. The number of hydrogen-bond acceptors (Lipinski definition) is 5. The molecule has 2 aromatic rings. The number of nitrogens with zero attached hydrogens (tertiary/aromatic N) is 3. The van der Waals surface area contributed by atoms with Gasteiger partial charge in [-0.05, 0) is 73.5 Å². The van der Waals surface area contributed by atoms with Crippen LogP contribution in [0.3, 0.4) is 0 Å². The summed E-state index contributed by atoms with van der Waals surface area (Å²) in [5.74, 6) is 1.04. The van der Waals surface area contributed by atoms with Crippen molar-refractivity contribution in [2.24, 2.45) is 0 Å². The predicted molar refractivity (Wildman–Crippen MR) is 147 cm³/mol. The number of fused-ring (bicyclic) bond motifs is 3. The van der Waals surface area contributed by atoms with E-state index in [0.717, 1.165) is 88.2 Å². The van der Waals surface area contributed by atoms with Crippen molar-refractivity contribution in [2.75, 3.05) is 59.6 Å². The summed E-state index contributed by atoms with van der Waals surface area (Å²) in [6, 6.07) is 15.8.